The quantitative estimate of drug-likeness (QED) is 0.769. The van der Waals surface area contributed by atoms with Crippen molar-refractivity contribution in [3.63, 3.8) is 0 Å². The van der Waals surface area contributed by atoms with Gasteiger partial charge in [0.15, 0.2) is 0 Å². The lowest BCUT2D eigenvalue weighted by Crippen LogP contribution is -2.40. The molecule has 0 amide bonds. The molecule has 0 bridgehead atoms. The van der Waals surface area contributed by atoms with Crippen LogP contribution < -0.4 is 5.73 Å². The molecule has 1 rings (SSSR count). The van der Waals surface area contributed by atoms with E-state index in [1.54, 1.807) is 0 Å². The molecule has 0 aliphatic rings. The molecule has 2 N–H and O–H groups in total. The van der Waals surface area contributed by atoms with Gasteiger partial charge in [-0.05, 0) is 37.1 Å². The van der Waals surface area contributed by atoms with Crippen LogP contribution in [0.5, 0.6) is 0 Å². The highest BCUT2D eigenvalue weighted by Gasteiger charge is 2.19. The Morgan fingerprint density at radius 3 is 2.61 bits per heavy atom. The van der Waals surface area contributed by atoms with Crippen molar-refractivity contribution in [2.45, 2.75) is 33.6 Å². The van der Waals surface area contributed by atoms with Crippen LogP contribution in [0.15, 0.2) is 24.4 Å². The van der Waals surface area contributed by atoms with E-state index >= 15 is 0 Å². The van der Waals surface area contributed by atoms with E-state index in [1.165, 1.54) is 12.1 Å². The third-order valence-electron chi connectivity index (χ3n) is 3.15. The van der Waals surface area contributed by atoms with Crippen LogP contribution in [0.2, 0.25) is 0 Å². The summed E-state index contributed by atoms with van der Waals surface area (Å²) in [6.07, 6.45) is 4.06. The third-order valence-corrected chi connectivity index (χ3v) is 3.15. The first-order valence-electron chi connectivity index (χ1n) is 6.90. The molecule has 3 heteroatoms. The van der Waals surface area contributed by atoms with Gasteiger partial charge in [0.05, 0.1) is 0 Å². The summed E-state index contributed by atoms with van der Waals surface area (Å²) in [5, 5.41) is 0. The maximum atomic E-state index is 5.82. The van der Waals surface area contributed by atoms with Gasteiger partial charge in [-0.25, -0.2) is 0 Å². The van der Waals surface area contributed by atoms with Crippen molar-refractivity contribution in [2.24, 2.45) is 11.1 Å². The lowest BCUT2D eigenvalue weighted by molar-refractivity contribution is 0.184. The van der Waals surface area contributed by atoms with Crippen LogP contribution in [0.4, 0.5) is 0 Å². The smallest absolute Gasteiger partial charge is 0.0416 e. The molecule has 0 fully saturated rings. The maximum Gasteiger partial charge on any atom is 0.0416 e. The average Bonchev–Trinajstić information content (AvgIpc) is 2.37. The van der Waals surface area contributed by atoms with Crippen LogP contribution in [-0.2, 0) is 6.42 Å². The highest BCUT2D eigenvalue weighted by molar-refractivity contribution is 5.03. The van der Waals surface area contributed by atoms with Crippen molar-refractivity contribution in [2.75, 3.05) is 26.2 Å². The maximum absolute atomic E-state index is 5.82. The van der Waals surface area contributed by atoms with Crippen LogP contribution in [0.1, 0.15) is 32.9 Å². The number of pyridine rings is 1. The summed E-state index contributed by atoms with van der Waals surface area (Å²) in [5.74, 6) is 0. The van der Waals surface area contributed by atoms with Gasteiger partial charge in [0, 0.05) is 31.4 Å². The van der Waals surface area contributed by atoms with Crippen molar-refractivity contribution in [1.82, 2.24) is 9.88 Å². The Bertz CT molecular complexity index is 322. The van der Waals surface area contributed by atoms with E-state index in [0.29, 0.717) is 0 Å². The third kappa shape index (κ3) is 5.61. The molecule has 0 saturated heterocycles. The first-order valence-corrected chi connectivity index (χ1v) is 6.90. The summed E-state index contributed by atoms with van der Waals surface area (Å²) in [6, 6.07) is 6.11. The summed E-state index contributed by atoms with van der Waals surface area (Å²) >= 11 is 0. The largest absolute Gasteiger partial charge is 0.330 e. The van der Waals surface area contributed by atoms with E-state index in [-0.39, 0.29) is 5.41 Å². The molecule has 1 aromatic heterocycles. The van der Waals surface area contributed by atoms with E-state index in [0.717, 1.165) is 32.6 Å². The summed E-state index contributed by atoms with van der Waals surface area (Å²) in [4.78, 5) is 6.88. The summed E-state index contributed by atoms with van der Waals surface area (Å²) < 4.78 is 0. The minimum Gasteiger partial charge on any atom is -0.330 e. The Morgan fingerprint density at radius 2 is 2.06 bits per heavy atom. The van der Waals surface area contributed by atoms with Gasteiger partial charge >= 0.3 is 0 Å². The van der Waals surface area contributed by atoms with Gasteiger partial charge in [-0.1, -0.05) is 26.8 Å². The van der Waals surface area contributed by atoms with E-state index in [9.17, 15) is 0 Å². The molecule has 0 atom stereocenters. The highest BCUT2D eigenvalue weighted by Crippen LogP contribution is 2.15. The van der Waals surface area contributed by atoms with Crippen molar-refractivity contribution >= 4 is 0 Å². The van der Waals surface area contributed by atoms with Crippen LogP contribution >= 0.6 is 0 Å². The Kier molecular flexibility index (Phi) is 6.30. The van der Waals surface area contributed by atoms with Gasteiger partial charge in [0.1, 0.15) is 0 Å². The molecule has 0 aliphatic carbocycles. The molecule has 18 heavy (non-hydrogen) atoms. The topological polar surface area (TPSA) is 42.2 Å². The monoisotopic (exact) mass is 249 g/mol. The molecular formula is C15H27N3. The van der Waals surface area contributed by atoms with Crippen LogP contribution in [-0.4, -0.2) is 36.1 Å². The normalized spacial score (nSPS) is 12.1. The lowest BCUT2D eigenvalue weighted by Gasteiger charge is -2.31. The summed E-state index contributed by atoms with van der Waals surface area (Å²) in [6.45, 7) is 10.7. The molecule has 0 saturated carbocycles. The molecular weight excluding hydrogens is 222 g/mol. The first-order chi connectivity index (χ1) is 8.57. The molecule has 0 aliphatic heterocycles. The summed E-state index contributed by atoms with van der Waals surface area (Å²) in [7, 11) is 0. The van der Waals surface area contributed by atoms with Crippen LogP contribution in [0.25, 0.3) is 0 Å². The molecule has 0 aromatic carbocycles. The number of hydrogen-bond acceptors (Lipinski definition) is 3. The van der Waals surface area contributed by atoms with Gasteiger partial charge in [-0.3, -0.25) is 4.98 Å². The van der Waals surface area contributed by atoms with E-state index in [1.807, 2.05) is 12.3 Å². The average molecular weight is 249 g/mol. The number of nitrogens with two attached hydrogens (primary N) is 1. The Labute approximate surface area is 111 Å². The van der Waals surface area contributed by atoms with E-state index < -0.39 is 0 Å². The molecule has 1 heterocycles. The first kappa shape index (κ1) is 15.1. The minimum absolute atomic E-state index is 0.194. The predicted octanol–water partition coefficient (Wildman–Crippen LogP) is 2.32. The fourth-order valence-corrected chi connectivity index (χ4v) is 2.07. The zero-order valence-electron chi connectivity index (χ0n) is 12.0. The number of nitrogens with zero attached hydrogens (tertiary/aromatic N) is 2. The molecule has 0 unspecified atom stereocenters. The molecule has 102 valence electrons. The van der Waals surface area contributed by atoms with Gasteiger partial charge in [0.25, 0.3) is 0 Å². The second kappa shape index (κ2) is 7.49. The lowest BCUT2D eigenvalue weighted by atomic mass is 9.93. The fraction of sp³-hybridized carbons (Fsp3) is 0.667. The SMILES string of the molecule is CCCN(CCc1ccccn1)CC(C)(C)CN. The van der Waals surface area contributed by atoms with Gasteiger partial charge < -0.3 is 10.6 Å². The number of aromatic nitrogens is 1. The van der Waals surface area contributed by atoms with Crippen molar-refractivity contribution in [3.8, 4) is 0 Å². The molecule has 3 nitrogen and oxygen atoms in total. The van der Waals surface area contributed by atoms with Gasteiger partial charge in [-0.15, -0.1) is 0 Å². The summed E-state index contributed by atoms with van der Waals surface area (Å²) in [5.41, 5.74) is 7.18. The highest BCUT2D eigenvalue weighted by atomic mass is 15.1. The second-order valence-corrected chi connectivity index (χ2v) is 5.72. The Morgan fingerprint density at radius 1 is 1.28 bits per heavy atom. The van der Waals surface area contributed by atoms with Gasteiger partial charge in [0.2, 0.25) is 0 Å². The van der Waals surface area contributed by atoms with E-state index in [2.05, 4.69) is 42.8 Å². The second-order valence-electron chi connectivity index (χ2n) is 5.72. The van der Waals surface area contributed by atoms with Crippen molar-refractivity contribution in [3.05, 3.63) is 30.1 Å². The van der Waals surface area contributed by atoms with Crippen LogP contribution in [0.3, 0.4) is 0 Å². The van der Waals surface area contributed by atoms with E-state index in [4.69, 9.17) is 5.73 Å². The Balaban J connectivity index is 2.48. The van der Waals surface area contributed by atoms with Gasteiger partial charge in [-0.2, -0.15) is 0 Å². The minimum atomic E-state index is 0.194. The Hall–Kier alpha value is -0.930. The van der Waals surface area contributed by atoms with Crippen LogP contribution in [0, 0.1) is 5.41 Å². The zero-order chi connectivity index (χ0) is 13.4. The number of hydrogen-bond donors (Lipinski definition) is 1. The molecule has 0 radical (unpaired) electrons. The van der Waals surface area contributed by atoms with Crippen molar-refractivity contribution < 1.29 is 0 Å². The van der Waals surface area contributed by atoms with Crippen molar-refractivity contribution in [1.29, 1.82) is 0 Å². The fourth-order valence-electron chi connectivity index (χ4n) is 2.07. The predicted molar refractivity (Wildman–Crippen MR) is 77.5 cm³/mol. The zero-order valence-corrected chi connectivity index (χ0v) is 12.0. The molecule has 1 aromatic rings. The standard InChI is InChI=1S/C15H27N3/c1-4-10-18(13-15(2,3)12-16)11-8-14-7-5-6-9-17-14/h5-7,9H,4,8,10-13,16H2,1-3H3. The number of rotatable bonds is 8. The molecule has 0 spiro atoms.